The van der Waals surface area contributed by atoms with Crippen molar-refractivity contribution < 1.29 is 13.5 Å². The average molecular weight is 312 g/mol. The predicted molar refractivity (Wildman–Crippen MR) is 80.4 cm³/mol. The molecule has 0 aliphatic carbocycles. The van der Waals surface area contributed by atoms with Gasteiger partial charge in [0.15, 0.2) is 0 Å². The lowest BCUT2D eigenvalue weighted by molar-refractivity contribution is 0.272. The van der Waals surface area contributed by atoms with Crippen LogP contribution in [0.3, 0.4) is 0 Å². The van der Waals surface area contributed by atoms with Gasteiger partial charge in [-0.05, 0) is 24.5 Å². The Morgan fingerprint density at radius 1 is 1.35 bits per heavy atom. The standard InChI is InChI=1S/C13H16N2O3S2/c1-15-8-11(7-10(15)9-16)20(17,18)14-12-5-3-4-6-13(12)19-2/h3-8,14,16H,9H2,1-2H3. The van der Waals surface area contributed by atoms with Crippen molar-refractivity contribution in [1.29, 1.82) is 0 Å². The fraction of sp³-hybridized carbons (Fsp3) is 0.231. The molecule has 20 heavy (non-hydrogen) atoms. The summed E-state index contributed by atoms with van der Waals surface area (Å²) in [7, 11) is -1.96. The molecule has 0 aliphatic rings. The van der Waals surface area contributed by atoms with Crippen molar-refractivity contribution in [3.8, 4) is 0 Å². The monoisotopic (exact) mass is 312 g/mol. The molecule has 1 aromatic carbocycles. The van der Waals surface area contributed by atoms with Gasteiger partial charge in [-0.2, -0.15) is 0 Å². The van der Waals surface area contributed by atoms with Crippen molar-refractivity contribution in [2.75, 3.05) is 11.0 Å². The minimum Gasteiger partial charge on any atom is -0.390 e. The van der Waals surface area contributed by atoms with E-state index in [1.165, 1.54) is 24.0 Å². The smallest absolute Gasteiger partial charge is 0.263 e. The van der Waals surface area contributed by atoms with E-state index in [-0.39, 0.29) is 11.5 Å². The Kier molecular flexibility index (Phi) is 4.42. The first-order valence-electron chi connectivity index (χ1n) is 5.90. The number of nitrogens with zero attached hydrogens (tertiary/aromatic N) is 1. The molecule has 0 spiro atoms. The second-order valence-corrected chi connectivity index (χ2v) is 6.77. The number of para-hydroxylation sites is 1. The Morgan fingerprint density at radius 3 is 2.65 bits per heavy atom. The van der Waals surface area contributed by atoms with Crippen LogP contribution in [0.5, 0.6) is 0 Å². The molecule has 0 unspecified atom stereocenters. The first-order chi connectivity index (χ1) is 9.47. The summed E-state index contributed by atoms with van der Waals surface area (Å²) in [5.41, 5.74) is 1.10. The zero-order valence-corrected chi connectivity index (χ0v) is 12.8. The van der Waals surface area contributed by atoms with Gasteiger partial charge >= 0.3 is 0 Å². The fourth-order valence-corrected chi connectivity index (χ4v) is 3.61. The maximum atomic E-state index is 12.3. The number of aliphatic hydroxyl groups excluding tert-OH is 1. The van der Waals surface area contributed by atoms with Crippen molar-refractivity contribution in [3.63, 3.8) is 0 Å². The lowest BCUT2D eigenvalue weighted by Crippen LogP contribution is -2.12. The second kappa shape index (κ2) is 5.90. The van der Waals surface area contributed by atoms with Crippen molar-refractivity contribution in [3.05, 3.63) is 42.2 Å². The number of hydrogen-bond donors (Lipinski definition) is 2. The van der Waals surface area contributed by atoms with Crippen molar-refractivity contribution in [1.82, 2.24) is 4.57 Å². The van der Waals surface area contributed by atoms with Crippen LogP contribution in [0, 0.1) is 0 Å². The normalized spacial score (nSPS) is 11.6. The molecule has 1 aromatic heterocycles. The van der Waals surface area contributed by atoms with E-state index in [1.54, 1.807) is 23.7 Å². The van der Waals surface area contributed by atoms with Gasteiger partial charge in [0.2, 0.25) is 0 Å². The number of hydrogen-bond acceptors (Lipinski definition) is 4. The van der Waals surface area contributed by atoms with Crippen LogP contribution in [-0.2, 0) is 23.7 Å². The van der Waals surface area contributed by atoms with Gasteiger partial charge in [0.1, 0.15) is 4.90 Å². The van der Waals surface area contributed by atoms with Gasteiger partial charge < -0.3 is 9.67 Å². The Balaban J connectivity index is 2.35. The van der Waals surface area contributed by atoms with Gasteiger partial charge in [-0.3, -0.25) is 4.72 Å². The van der Waals surface area contributed by atoms with Crippen LogP contribution in [0.1, 0.15) is 5.69 Å². The number of rotatable bonds is 5. The topological polar surface area (TPSA) is 71.3 Å². The lowest BCUT2D eigenvalue weighted by atomic mass is 10.3. The maximum absolute atomic E-state index is 12.3. The van der Waals surface area contributed by atoms with Gasteiger partial charge in [0, 0.05) is 23.8 Å². The quantitative estimate of drug-likeness (QED) is 0.829. The van der Waals surface area contributed by atoms with Crippen LogP contribution < -0.4 is 4.72 Å². The molecule has 2 rings (SSSR count). The zero-order valence-electron chi connectivity index (χ0n) is 11.2. The number of anilines is 1. The van der Waals surface area contributed by atoms with E-state index < -0.39 is 10.0 Å². The molecule has 0 saturated heterocycles. The molecule has 5 nitrogen and oxygen atoms in total. The van der Waals surface area contributed by atoms with Crippen molar-refractivity contribution in [2.24, 2.45) is 7.05 Å². The molecule has 0 fully saturated rings. The molecule has 7 heteroatoms. The van der Waals surface area contributed by atoms with Crippen molar-refractivity contribution >= 4 is 27.5 Å². The molecule has 0 bridgehead atoms. The van der Waals surface area contributed by atoms with E-state index in [0.717, 1.165) is 4.90 Å². The fourth-order valence-electron chi connectivity index (χ4n) is 1.81. The number of aromatic nitrogens is 1. The number of sulfonamides is 1. The molecule has 0 radical (unpaired) electrons. The molecule has 2 N–H and O–H groups in total. The van der Waals surface area contributed by atoms with Crippen LogP contribution >= 0.6 is 11.8 Å². The third-order valence-corrected chi connectivity index (χ3v) is 5.03. The third-order valence-electron chi connectivity index (χ3n) is 2.91. The molecular formula is C13H16N2O3S2. The van der Waals surface area contributed by atoms with Gasteiger partial charge in [0.05, 0.1) is 12.3 Å². The summed E-state index contributed by atoms with van der Waals surface area (Å²) in [5.74, 6) is 0. The number of thioether (sulfide) groups is 1. The number of aryl methyl sites for hydroxylation is 1. The van der Waals surface area contributed by atoms with Crippen LogP contribution in [0.4, 0.5) is 5.69 Å². The Morgan fingerprint density at radius 2 is 2.05 bits per heavy atom. The first kappa shape index (κ1) is 15.0. The summed E-state index contributed by atoms with van der Waals surface area (Å²) < 4.78 is 28.8. The number of nitrogens with one attached hydrogen (secondary N) is 1. The Hall–Kier alpha value is -1.44. The molecule has 1 heterocycles. The summed E-state index contributed by atoms with van der Waals surface area (Å²) in [6, 6.07) is 8.67. The zero-order chi connectivity index (χ0) is 14.8. The minimum atomic E-state index is -3.65. The average Bonchev–Trinajstić information content (AvgIpc) is 2.81. The molecule has 0 atom stereocenters. The van der Waals surface area contributed by atoms with E-state index in [9.17, 15) is 8.42 Å². The Labute approximate surface area is 122 Å². The van der Waals surface area contributed by atoms with E-state index in [4.69, 9.17) is 5.11 Å². The molecule has 0 saturated carbocycles. The second-order valence-electron chi connectivity index (χ2n) is 4.24. The van der Waals surface area contributed by atoms with Crippen LogP contribution in [0.15, 0.2) is 46.3 Å². The number of aliphatic hydroxyl groups is 1. The van der Waals surface area contributed by atoms with Gasteiger partial charge in [-0.25, -0.2) is 8.42 Å². The molecule has 0 amide bonds. The molecular weight excluding hydrogens is 296 g/mol. The highest BCUT2D eigenvalue weighted by atomic mass is 32.2. The SMILES string of the molecule is CSc1ccccc1NS(=O)(=O)c1cc(CO)n(C)c1. The number of benzene rings is 1. The summed E-state index contributed by atoms with van der Waals surface area (Å²) in [6.07, 6.45) is 3.37. The maximum Gasteiger partial charge on any atom is 0.263 e. The lowest BCUT2D eigenvalue weighted by Gasteiger charge is -2.09. The van der Waals surface area contributed by atoms with Crippen LogP contribution in [-0.4, -0.2) is 24.3 Å². The van der Waals surface area contributed by atoms with Gasteiger partial charge in [0.25, 0.3) is 10.0 Å². The third kappa shape index (κ3) is 3.00. The van der Waals surface area contributed by atoms with Gasteiger partial charge in [-0.1, -0.05) is 12.1 Å². The van der Waals surface area contributed by atoms with E-state index >= 15 is 0 Å². The van der Waals surface area contributed by atoms with E-state index in [1.807, 2.05) is 18.4 Å². The highest BCUT2D eigenvalue weighted by molar-refractivity contribution is 7.99. The first-order valence-corrected chi connectivity index (χ1v) is 8.60. The van der Waals surface area contributed by atoms with E-state index in [2.05, 4.69) is 4.72 Å². The summed E-state index contributed by atoms with van der Waals surface area (Å²) in [4.78, 5) is 0.995. The Bertz CT molecular complexity index is 708. The highest BCUT2D eigenvalue weighted by Crippen LogP contribution is 2.27. The highest BCUT2D eigenvalue weighted by Gasteiger charge is 2.18. The van der Waals surface area contributed by atoms with E-state index in [0.29, 0.717) is 11.4 Å². The summed E-state index contributed by atoms with van der Waals surface area (Å²) in [6.45, 7) is -0.201. The summed E-state index contributed by atoms with van der Waals surface area (Å²) in [5, 5.41) is 9.13. The minimum absolute atomic E-state index is 0.139. The van der Waals surface area contributed by atoms with Crippen LogP contribution in [0.2, 0.25) is 0 Å². The van der Waals surface area contributed by atoms with Gasteiger partial charge in [-0.15, -0.1) is 11.8 Å². The largest absolute Gasteiger partial charge is 0.390 e. The predicted octanol–water partition coefficient (Wildman–Crippen LogP) is 2.04. The molecule has 2 aromatic rings. The summed E-state index contributed by atoms with van der Waals surface area (Å²) >= 11 is 1.47. The molecule has 0 aliphatic heterocycles. The van der Waals surface area contributed by atoms with Crippen molar-refractivity contribution in [2.45, 2.75) is 16.4 Å². The molecule has 108 valence electrons. The van der Waals surface area contributed by atoms with Crippen LogP contribution in [0.25, 0.3) is 0 Å².